The molecule has 1 amide bonds. The standard InChI is InChI=1S/C21H18N4O2S/c1-13-8-9-16(14(2)10-13)23-17(26)11-25-12-22-19-18(15-6-4-3-5-7-15)24-28-20(19)21(25)27/h3-10,12H,11H2,1-2H3,(H,23,26). The van der Waals surface area contributed by atoms with Gasteiger partial charge in [-0.3, -0.25) is 14.2 Å². The highest BCUT2D eigenvalue weighted by molar-refractivity contribution is 7.13. The average molecular weight is 390 g/mol. The molecule has 6 nitrogen and oxygen atoms in total. The van der Waals surface area contributed by atoms with Gasteiger partial charge >= 0.3 is 0 Å². The zero-order valence-corrected chi connectivity index (χ0v) is 16.3. The van der Waals surface area contributed by atoms with Gasteiger partial charge < -0.3 is 5.32 Å². The Morgan fingerprint density at radius 3 is 2.68 bits per heavy atom. The predicted octanol–water partition coefficient (Wildman–Crippen LogP) is 3.78. The first-order valence-corrected chi connectivity index (χ1v) is 9.57. The molecule has 4 rings (SSSR count). The van der Waals surface area contributed by atoms with E-state index in [0.717, 1.165) is 33.9 Å². The second kappa shape index (κ2) is 7.36. The van der Waals surface area contributed by atoms with Crippen molar-refractivity contribution in [3.63, 3.8) is 0 Å². The van der Waals surface area contributed by atoms with E-state index in [9.17, 15) is 9.59 Å². The quantitative estimate of drug-likeness (QED) is 0.575. The summed E-state index contributed by atoms with van der Waals surface area (Å²) in [5.74, 6) is -0.275. The third-order valence-electron chi connectivity index (χ3n) is 4.47. The molecule has 0 bridgehead atoms. The van der Waals surface area contributed by atoms with Crippen molar-refractivity contribution in [2.45, 2.75) is 20.4 Å². The van der Waals surface area contributed by atoms with E-state index in [1.165, 1.54) is 10.9 Å². The summed E-state index contributed by atoms with van der Waals surface area (Å²) in [6.07, 6.45) is 1.41. The van der Waals surface area contributed by atoms with Crippen molar-refractivity contribution in [1.29, 1.82) is 0 Å². The molecule has 2 heterocycles. The van der Waals surface area contributed by atoms with Gasteiger partial charge in [0, 0.05) is 11.3 Å². The first-order chi connectivity index (χ1) is 13.5. The van der Waals surface area contributed by atoms with Crippen LogP contribution >= 0.6 is 11.5 Å². The summed E-state index contributed by atoms with van der Waals surface area (Å²) in [4.78, 5) is 29.6. The lowest BCUT2D eigenvalue weighted by Crippen LogP contribution is -2.27. The maximum Gasteiger partial charge on any atom is 0.273 e. The molecule has 0 aliphatic heterocycles. The number of hydrogen-bond donors (Lipinski definition) is 1. The van der Waals surface area contributed by atoms with E-state index < -0.39 is 0 Å². The zero-order chi connectivity index (χ0) is 19.7. The maximum absolute atomic E-state index is 12.8. The lowest BCUT2D eigenvalue weighted by molar-refractivity contribution is -0.116. The number of fused-ring (bicyclic) bond motifs is 1. The highest BCUT2D eigenvalue weighted by Crippen LogP contribution is 2.26. The fourth-order valence-corrected chi connectivity index (χ4v) is 3.86. The Kier molecular flexibility index (Phi) is 4.75. The van der Waals surface area contributed by atoms with Gasteiger partial charge in [0.1, 0.15) is 22.5 Å². The smallest absolute Gasteiger partial charge is 0.273 e. The van der Waals surface area contributed by atoms with E-state index in [4.69, 9.17) is 0 Å². The van der Waals surface area contributed by atoms with Gasteiger partial charge in [-0.15, -0.1) is 0 Å². The predicted molar refractivity (Wildman–Crippen MR) is 112 cm³/mol. The minimum Gasteiger partial charge on any atom is -0.324 e. The van der Waals surface area contributed by atoms with Crippen LogP contribution in [0.5, 0.6) is 0 Å². The van der Waals surface area contributed by atoms with Gasteiger partial charge in [0.25, 0.3) is 5.56 Å². The Hall–Kier alpha value is -3.32. The normalized spacial score (nSPS) is 10.9. The molecule has 0 saturated heterocycles. The summed E-state index contributed by atoms with van der Waals surface area (Å²) in [7, 11) is 0. The average Bonchev–Trinajstić information content (AvgIpc) is 3.12. The van der Waals surface area contributed by atoms with E-state index >= 15 is 0 Å². The molecule has 4 aromatic rings. The number of anilines is 1. The first kappa shape index (κ1) is 18.1. The molecule has 0 atom stereocenters. The highest BCUT2D eigenvalue weighted by Gasteiger charge is 2.15. The van der Waals surface area contributed by atoms with Gasteiger partial charge in [0.2, 0.25) is 5.91 Å². The Morgan fingerprint density at radius 2 is 1.93 bits per heavy atom. The summed E-state index contributed by atoms with van der Waals surface area (Å²) < 4.78 is 6.16. The van der Waals surface area contributed by atoms with E-state index in [2.05, 4.69) is 14.7 Å². The Bertz CT molecular complexity index is 1230. The van der Waals surface area contributed by atoms with Crippen LogP contribution in [0.15, 0.2) is 59.7 Å². The summed E-state index contributed by atoms with van der Waals surface area (Å²) >= 11 is 1.11. The Labute approximate surface area is 165 Å². The van der Waals surface area contributed by atoms with Crippen molar-refractivity contribution in [2.24, 2.45) is 0 Å². The third-order valence-corrected chi connectivity index (χ3v) is 5.29. The van der Waals surface area contributed by atoms with Crippen LogP contribution in [0.3, 0.4) is 0 Å². The van der Waals surface area contributed by atoms with Crippen LogP contribution < -0.4 is 10.9 Å². The number of aryl methyl sites for hydroxylation is 2. The van der Waals surface area contributed by atoms with Crippen LogP contribution in [0.25, 0.3) is 21.5 Å². The summed E-state index contributed by atoms with van der Waals surface area (Å²) in [6, 6.07) is 15.4. The first-order valence-electron chi connectivity index (χ1n) is 8.80. The molecular formula is C21H18N4O2S. The van der Waals surface area contributed by atoms with Crippen molar-refractivity contribution in [3.8, 4) is 11.3 Å². The molecule has 0 radical (unpaired) electrons. The van der Waals surface area contributed by atoms with Crippen molar-refractivity contribution in [1.82, 2.24) is 13.9 Å². The highest BCUT2D eigenvalue weighted by atomic mass is 32.1. The monoisotopic (exact) mass is 390 g/mol. The molecule has 140 valence electrons. The molecule has 2 aromatic carbocycles. The Balaban J connectivity index is 1.60. The van der Waals surface area contributed by atoms with Gasteiger partial charge in [-0.05, 0) is 37.0 Å². The van der Waals surface area contributed by atoms with Crippen molar-refractivity contribution in [2.75, 3.05) is 5.32 Å². The number of amides is 1. The molecule has 0 spiro atoms. The largest absolute Gasteiger partial charge is 0.324 e. The fraction of sp³-hybridized carbons (Fsp3) is 0.143. The van der Waals surface area contributed by atoms with Gasteiger partial charge in [0.05, 0.1) is 6.33 Å². The molecule has 0 unspecified atom stereocenters. The number of aromatic nitrogens is 3. The van der Waals surface area contributed by atoms with Crippen molar-refractivity contribution in [3.05, 3.63) is 76.3 Å². The molecule has 0 fully saturated rings. The van der Waals surface area contributed by atoms with Gasteiger partial charge in [-0.25, -0.2) is 4.98 Å². The molecule has 0 aliphatic carbocycles. The molecule has 28 heavy (non-hydrogen) atoms. The van der Waals surface area contributed by atoms with Crippen LogP contribution in [0.4, 0.5) is 5.69 Å². The molecule has 0 aliphatic rings. The fourth-order valence-electron chi connectivity index (χ4n) is 3.05. The summed E-state index contributed by atoms with van der Waals surface area (Å²) in [6.45, 7) is 3.83. The van der Waals surface area contributed by atoms with Gasteiger partial charge in [0.15, 0.2) is 0 Å². The van der Waals surface area contributed by atoms with Crippen molar-refractivity contribution < 1.29 is 4.79 Å². The summed E-state index contributed by atoms with van der Waals surface area (Å²) in [5, 5.41) is 2.85. The zero-order valence-electron chi connectivity index (χ0n) is 15.5. The molecule has 0 saturated carbocycles. The Morgan fingerprint density at radius 1 is 1.14 bits per heavy atom. The number of rotatable bonds is 4. The van der Waals surface area contributed by atoms with E-state index in [1.54, 1.807) is 0 Å². The summed E-state index contributed by atoms with van der Waals surface area (Å²) in [5.41, 5.74) is 4.73. The molecular weight excluding hydrogens is 372 g/mol. The lowest BCUT2D eigenvalue weighted by Gasteiger charge is -2.10. The SMILES string of the molecule is Cc1ccc(NC(=O)Cn2cnc3c(-c4ccccc4)nsc3c2=O)c(C)c1. The number of hydrogen-bond acceptors (Lipinski definition) is 5. The number of carbonyl (C=O) groups is 1. The molecule has 7 heteroatoms. The lowest BCUT2D eigenvalue weighted by atomic mass is 10.1. The maximum atomic E-state index is 12.8. The second-order valence-corrected chi connectivity index (χ2v) is 7.39. The van der Waals surface area contributed by atoms with Crippen LogP contribution in [0, 0.1) is 13.8 Å². The van der Waals surface area contributed by atoms with Crippen LogP contribution in [0.1, 0.15) is 11.1 Å². The third kappa shape index (κ3) is 3.44. The minimum atomic E-state index is -0.275. The van der Waals surface area contributed by atoms with Crippen molar-refractivity contribution >= 4 is 33.3 Å². The van der Waals surface area contributed by atoms with Gasteiger partial charge in [-0.2, -0.15) is 4.37 Å². The number of carbonyl (C=O) groups excluding carboxylic acids is 1. The molecule has 2 aromatic heterocycles. The number of nitrogens with zero attached hydrogens (tertiary/aromatic N) is 3. The van der Waals surface area contributed by atoms with Crippen LogP contribution in [-0.4, -0.2) is 19.8 Å². The van der Waals surface area contributed by atoms with Crippen LogP contribution in [-0.2, 0) is 11.3 Å². The van der Waals surface area contributed by atoms with Crippen LogP contribution in [0.2, 0.25) is 0 Å². The second-order valence-electron chi connectivity index (χ2n) is 6.62. The van der Waals surface area contributed by atoms with Gasteiger partial charge in [-0.1, -0.05) is 48.0 Å². The number of nitrogens with one attached hydrogen (secondary N) is 1. The van der Waals surface area contributed by atoms with E-state index in [1.807, 2.05) is 62.4 Å². The molecule has 1 N–H and O–H groups in total. The topological polar surface area (TPSA) is 76.9 Å². The number of benzene rings is 2. The minimum absolute atomic E-state index is 0.104. The van der Waals surface area contributed by atoms with E-state index in [0.29, 0.717) is 15.9 Å². The van der Waals surface area contributed by atoms with E-state index in [-0.39, 0.29) is 18.0 Å².